The van der Waals surface area contributed by atoms with Crippen LogP contribution in [0.5, 0.6) is 0 Å². The smallest absolute Gasteiger partial charge is 0.0621 e. The van der Waals surface area contributed by atoms with Crippen LogP contribution < -0.4 is 5.73 Å². The summed E-state index contributed by atoms with van der Waals surface area (Å²) in [5.41, 5.74) is 6.03. The summed E-state index contributed by atoms with van der Waals surface area (Å²) in [5.74, 6) is 0.543. The van der Waals surface area contributed by atoms with Gasteiger partial charge in [-0.1, -0.05) is 0 Å². The molecule has 0 aromatic carbocycles. The molecule has 3 unspecified atom stereocenters. The highest BCUT2D eigenvalue weighted by molar-refractivity contribution is 4.84. The van der Waals surface area contributed by atoms with E-state index >= 15 is 0 Å². The van der Waals surface area contributed by atoms with Crippen molar-refractivity contribution in [2.75, 3.05) is 46.9 Å². The lowest BCUT2D eigenvalue weighted by Gasteiger charge is -2.37. The number of hydrogen-bond donors (Lipinski definition) is 1. The molecule has 0 amide bonds. The average Bonchev–Trinajstić information content (AvgIpc) is 2.65. The summed E-state index contributed by atoms with van der Waals surface area (Å²) in [7, 11) is 4.36. The van der Waals surface area contributed by atoms with Gasteiger partial charge in [0.1, 0.15) is 0 Å². The lowest BCUT2D eigenvalue weighted by Crippen LogP contribution is -2.48. The third-order valence-electron chi connectivity index (χ3n) is 3.95. The van der Waals surface area contributed by atoms with Gasteiger partial charge in [-0.3, -0.25) is 0 Å². The summed E-state index contributed by atoms with van der Waals surface area (Å²) in [6, 6.07) is 0.965. The Balaban J connectivity index is 1.80. The Morgan fingerprint density at radius 2 is 2.19 bits per heavy atom. The zero-order valence-electron chi connectivity index (χ0n) is 10.6. The van der Waals surface area contributed by atoms with Gasteiger partial charge < -0.3 is 20.3 Å². The van der Waals surface area contributed by atoms with Crippen molar-refractivity contribution in [1.82, 2.24) is 9.80 Å². The fraction of sp³-hybridized carbons (Fsp3) is 1.00. The fourth-order valence-corrected chi connectivity index (χ4v) is 2.75. The zero-order valence-corrected chi connectivity index (χ0v) is 10.6. The van der Waals surface area contributed by atoms with Crippen molar-refractivity contribution in [3.05, 3.63) is 0 Å². The molecule has 94 valence electrons. The summed E-state index contributed by atoms with van der Waals surface area (Å²) in [6.45, 7) is 5.13. The number of likely N-dealkylation sites (tertiary alicyclic amines) is 1. The zero-order chi connectivity index (χ0) is 11.5. The largest absolute Gasteiger partial charge is 0.379 e. The second-order valence-corrected chi connectivity index (χ2v) is 5.48. The Morgan fingerprint density at radius 1 is 1.38 bits per heavy atom. The molecular formula is C12H25N3O. The van der Waals surface area contributed by atoms with Crippen LogP contribution in [0.1, 0.15) is 12.8 Å². The summed E-state index contributed by atoms with van der Waals surface area (Å²) in [4.78, 5) is 4.91. The number of nitrogens with zero attached hydrogens (tertiary/aromatic N) is 2. The van der Waals surface area contributed by atoms with E-state index in [2.05, 4.69) is 23.9 Å². The average molecular weight is 227 g/mol. The molecule has 2 heterocycles. The van der Waals surface area contributed by atoms with E-state index in [0.29, 0.717) is 12.0 Å². The maximum atomic E-state index is 6.03. The summed E-state index contributed by atoms with van der Waals surface area (Å²) in [5, 5.41) is 0. The molecule has 2 aliphatic rings. The molecule has 4 heteroatoms. The van der Waals surface area contributed by atoms with Crippen LogP contribution in [0.2, 0.25) is 0 Å². The van der Waals surface area contributed by atoms with Crippen LogP contribution in [-0.2, 0) is 4.74 Å². The van der Waals surface area contributed by atoms with Gasteiger partial charge in [-0.05, 0) is 33.5 Å². The third kappa shape index (κ3) is 2.94. The normalized spacial score (nSPS) is 37.1. The van der Waals surface area contributed by atoms with Gasteiger partial charge in [0, 0.05) is 31.1 Å². The van der Waals surface area contributed by atoms with Crippen LogP contribution in [0.3, 0.4) is 0 Å². The first-order valence-electron chi connectivity index (χ1n) is 6.39. The van der Waals surface area contributed by atoms with Gasteiger partial charge in [-0.25, -0.2) is 0 Å². The predicted molar refractivity (Wildman–Crippen MR) is 65.4 cm³/mol. The van der Waals surface area contributed by atoms with Crippen molar-refractivity contribution in [2.45, 2.75) is 24.9 Å². The highest BCUT2D eigenvalue weighted by Gasteiger charge is 2.29. The fourth-order valence-electron chi connectivity index (χ4n) is 2.75. The summed E-state index contributed by atoms with van der Waals surface area (Å²) in [6.07, 6.45) is 2.64. The maximum Gasteiger partial charge on any atom is 0.0621 e. The SMILES string of the molecule is CN(C)C1CCCN(CC2COCC2N)C1. The molecule has 0 spiro atoms. The van der Waals surface area contributed by atoms with Crippen LogP contribution in [0.4, 0.5) is 0 Å². The quantitative estimate of drug-likeness (QED) is 0.736. The molecule has 0 radical (unpaired) electrons. The Labute approximate surface area is 98.7 Å². The Bertz CT molecular complexity index is 222. The van der Waals surface area contributed by atoms with Crippen LogP contribution in [-0.4, -0.2) is 68.8 Å². The van der Waals surface area contributed by atoms with Crippen LogP contribution in [0.25, 0.3) is 0 Å². The first-order valence-corrected chi connectivity index (χ1v) is 6.39. The van der Waals surface area contributed by atoms with Crippen LogP contribution >= 0.6 is 0 Å². The van der Waals surface area contributed by atoms with E-state index in [4.69, 9.17) is 10.5 Å². The van der Waals surface area contributed by atoms with Crippen molar-refractivity contribution in [1.29, 1.82) is 0 Å². The second-order valence-electron chi connectivity index (χ2n) is 5.48. The number of ether oxygens (including phenoxy) is 1. The first kappa shape index (κ1) is 12.3. The van der Waals surface area contributed by atoms with Crippen molar-refractivity contribution in [3.63, 3.8) is 0 Å². The molecule has 3 atom stereocenters. The van der Waals surface area contributed by atoms with Crippen LogP contribution in [0, 0.1) is 5.92 Å². The molecule has 0 bridgehead atoms. The van der Waals surface area contributed by atoms with Gasteiger partial charge in [0.2, 0.25) is 0 Å². The molecular weight excluding hydrogens is 202 g/mol. The maximum absolute atomic E-state index is 6.03. The van der Waals surface area contributed by atoms with Gasteiger partial charge in [0.05, 0.1) is 13.2 Å². The number of likely N-dealkylation sites (N-methyl/N-ethyl adjacent to an activating group) is 1. The Kier molecular flexibility index (Phi) is 4.19. The minimum Gasteiger partial charge on any atom is -0.379 e. The molecule has 2 rings (SSSR count). The van der Waals surface area contributed by atoms with Crippen molar-refractivity contribution < 1.29 is 4.74 Å². The molecule has 4 nitrogen and oxygen atoms in total. The highest BCUT2D eigenvalue weighted by Crippen LogP contribution is 2.18. The van der Waals surface area contributed by atoms with Crippen LogP contribution in [0.15, 0.2) is 0 Å². The lowest BCUT2D eigenvalue weighted by atomic mass is 10.00. The molecule has 2 fully saturated rings. The van der Waals surface area contributed by atoms with E-state index in [-0.39, 0.29) is 6.04 Å². The highest BCUT2D eigenvalue weighted by atomic mass is 16.5. The second kappa shape index (κ2) is 5.45. The van der Waals surface area contributed by atoms with E-state index in [0.717, 1.165) is 19.8 Å². The Morgan fingerprint density at radius 3 is 2.81 bits per heavy atom. The monoisotopic (exact) mass is 227 g/mol. The number of rotatable bonds is 3. The molecule has 2 saturated heterocycles. The number of hydrogen-bond acceptors (Lipinski definition) is 4. The van der Waals surface area contributed by atoms with Gasteiger partial charge >= 0.3 is 0 Å². The molecule has 2 N–H and O–H groups in total. The van der Waals surface area contributed by atoms with Gasteiger partial charge in [0.15, 0.2) is 0 Å². The van der Waals surface area contributed by atoms with Crippen molar-refractivity contribution in [3.8, 4) is 0 Å². The van der Waals surface area contributed by atoms with E-state index in [9.17, 15) is 0 Å². The number of piperidine rings is 1. The van der Waals surface area contributed by atoms with Gasteiger partial charge in [0.25, 0.3) is 0 Å². The van der Waals surface area contributed by atoms with Crippen molar-refractivity contribution >= 4 is 0 Å². The van der Waals surface area contributed by atoms with Gasteiger partial charge in [-0.15, -0.1) is 0 Å². The summed E-state index contributed by atoms with van der Waals surface area (Å²) >= 11 is 0. The number of nitrogens with two attached hydrogens (primary N) is 1. The van der Waals surface area contributed by atoms with E-state index < -0.39 is 0 Å². The van der Waals surface area contributed by atoms with Crippen molar-refractivity contribution in [2.24, 2.45) is 11.7 Å². The standard InChI is InChI=1S/C12H25N3O/c1-14(2)11-4-3-5-15(7-11)6-10-8-16-9-12(10)13/h10-12H,3-9,13H2,1-2H3. The molecule has 0 saturated carbocycles. The summed E-state index contributed by atoms with van der Waals surface area (Å²) < 4.78 is 5.42. The first-order chi connectivity index (χ1) is 7.66. The van der Waals surface area contributed by atoms with E-state index in [1.807, 2.05) is 0 Å². The van der Waals surface area contributed by atoms with Gasteiger partial charge in [-0.2, -0.15) is 0 Å². The van der Waals surface area contributed by atoms with E-state index in [1.54, 1.807) is 0 Å². The lowest BCUT2D eigenvalue weighted by molar-refractivity contribution is 0.110. The molecule has 2 aliphatic heterocycles. The van der Waals surface area contributed by atoms with E-state index in [1.165, 1.54) is 25.9 Å². The minimum atomic E-state index is 0.250. The molecule has 0 aromatic rings. The molecule has 0 aromatic heterocycles. The third-order valence-corrected chi connectivity index (χ3v) is 3.95. The Hall–Kier alpha value is -0.160. The topological polar surface area (TPSA) is 41.7 Å². The predicted octanol–water partition coefficient (Wildman–Crippen LogP) is -0.0139. The minimum absolute atomic E-state index is 0.250. The molecule has 0 aliphatic carbocycles. The molecule has 16 heavy (non-hydrogen) atoms.